The highest BCUT2D eigenvalue weighted by molar-refractivity contribution is 5.37. The second-order valence-electron chi connectivity index (χ2n) is 2.87. The Morgan fingerprint density at radius 1 is 1.55 bits per heavy atom. The zero-order valence-electron chi connectivity index (χ0n) is 6.72. The van der Waals surface area contributed by atoms with Crippen molar-refractivity contribution >= 4 is 5.69 Å². The van der Waals surface area contributed by atoms with Gasteiger partial charge in [-0.2, -0.15) is 0 Å². The van der Waals surface area contributed by atoms with Gasteiger partial charge in [0.25, 0.3) is 5.56 Å². The maximum Gasteiger partial charge on any atom is 0.271 e. The van der Waals surface area contributed by atoms with E-state index in [2.05, 4.69) is 4.98 Å². The molecule has 0 saturated heterocycles. The van der Waals surface area contributed by atoms with Crippen LogP contribution in [0.4, 0.5) is 5.69 Å². The van der Waals surface area contributed by atoms with Gasteiger partial charge in [-0.05, 0) is 17.5 Å². The summed E-state index contributed by atoms with van der Waals surface area (Å²) in [5, 5.41) is 0. The van der Waals surface area contributed by atoms with Crippen LogP contribution >= 0.6 is 0 Å². The van der Waals surface area contributed by atoms with Crippen LogP contribution in [0.5, 0.6) is 0 Å². The average Bonchev–Trinajstić information content (AvgIpc) is 1.94. The molecule has 0 fully saturated rings. The SMILES string of the molecule is CC(C)c1c[nH]c(=O)c(N)c1. The number of aromatic amines is 1. The summed E-state index contributed by atoms with van der Waals surface area (Å²) in [7, 11) is 0. The number of hydrogen-bond acceptors (Lipinski definition) is 2. The number of nitrogens with one attached hydrogen (secondary N) is 1. The van der Waals surface area contributed by atoms with E-state index in [1.165, 1.54) is 0 Å². The minimum Gasteiger partial charge on any atom is -0.394 e. The third kappa shape index (κ3) is 1.61. The Bertz CT molecular complexity index is 301. The van der Waals surface area contributed by atoms with E-state index in [4.69, 9.17) is 5.73 Å². The van der Waals surface area contributed by atoms with Crippen molar-refractivity contribution < 1.29 is 0 Å². The quantitative estimate of drug-likeness (QED) is 0.632. The predicted octanol–water partition coefficient (Wildman–Crippen LogP) is 1.08. The molecule has 3 N–H and O–H groups in total. The molecule has 0 unspecified atom stereocenters. The van der Waals surface area contributed by atoms with Gasteiger partial charge in [0, 0.05) is 6.20 Å². The van der Waals surface area contributed by atoms with Gasteiger partial charge in [-0.3, -0.25) is 4.79 Å². The minimum atomic E-state index is -0.214. The van der Waals surface area contributed by atoms with Gasteiger partial charge in [0.15, 0.2) is 0 Å². The zero-order valence-corrected chi connectivity index (χ0v) is 6.72. The molecule has 0 aliphatic carbocycles. The minimum absolute atomic E-state index is 0.214. The summed E-state index contributed by atoms with van der Waals surface area (Å²) in [4.78, 5) is 13.4. The number of rotatable bonds is 1. The molecule has 11 heavy (non-hydrogen) atoms. The van der Waals surface area contributed by atoms with Crippen molar-refractivity contribution in [2.45, 2.75) is 19.8 Å². The molecule has 0 radical (unpaired) electrons. The van der Waals surface area contributed by atoms with E-state index in [1.54, 1.807) is 12.3 Å². The molecule has 0 spiro atoms. The summed E-state index contributed by atoms with van der Waals surface area (Å²) in [6.45, 7) is 4.10. The van der Waals surface area contributed by atoms with Gasteiger partial charge in [-0.1, -0.05) is 13.8 Å². The number of nitrogen functional groups attached to an aromatic ring is 1. The van der Waals surface area contributed by atoms with Crippen LogP contribution in [0.3, 0.4) is 0 Å². The predicted molar refractivity (Wildman–Crippen MR) is 45.6 cm³/mol. The Morgan fingerprint density at radius 3 is 2.64 bits per heavy atom. The van der Waals surface area contributed by atoms with Gasteiger partial charge < -0.3 is 10.7 Å². The lowest BCUT2D eigenvalue weighted by Gasteiger charge is -2.03. The third-order valence-corrected chi connectivity index (χ3v) is 1.62. The Hall–Kier alpha value is -1.25. The summed E-state index contributed by atoms with van der Waals surface area (Å²) < 4.78 is 0. The molecule has 1 aromatic rings. The van der Waals surface area contributed by atoms with Gasteiger partial charge in [0.05, 0.1) is 5.69 Å². The van der Waals surface area contributed by atoms with E-state index in [1.807, 2.05) is 13.8 Å². The van der Waals surface area contributed by atoms with E-state index in [-0.39, 0.29) is 11.2 Å². The van der Waals surface area contributed by atoms with E-state index >= 15 is 0 Å². The van der Waals surface area contributed by atoms with Gasteiger partial charge >= 0.3 is 0 Å². The molecule has 0 aliphatic rings. The lowest BCUT2D eigenvalue weighted by molar-refractivity contribution is 0.856. The van der Waals surface area contributed by atoms with E-state index < -0.39 is 0 Å². The van der Waals surface area contributed by atoms with Crippen molar-refractivity contribution in [3.63, 3.8) is 0 Å². The van der Waals surface area contributed by atoms with Crippen molar-refractivity contribution in [2.75, 3.05) is 5.73 Å². The molecule has 0 bridgehead atoms. The van der Waals surface area contributed by atoms with Crippen molar-refractivity contribution in [1.82, 2.24) is 4.98 Å². The molecular formula is C8H12N2O. The van der Waals surface area contributed by atoms with Crippen LogP contribution in [0.2, 0.25) is 0 Å². The van der Waals surface area contributed by atoms with Gasteiger partial charge in [-0.25, -0.2) is 0 Å². The molecule has 0 aromatic carbocycles. The lowest BCUT2D eigenvalue weighted by atomic mass is 10.1. The maximum atomic E-state index is 10.8. The summed E-state index contributed by atoms with van der Waals surface area (Å²) in [5.74, 6) is 0.397. The van der Waals surface area contributed by atoms with Crippen LogP contribution in [-0.2, 0) is 0 Å². The topological polar surface area (TPSA) is 58.9 Å². The number of anilines is 1. The number of H-pyrrole nitrogens is 1. The Kier molecular flexibility index (Phi) is 1.98. The number of pyridine rings is 1. The smallest absolute Gasteiger partial charge is 0.271 e. The number of hydrogen-bond donors (Lipinski definition) is 2. The Morgan fingerprint density at radius 2 is 2.18 bits per heavy atom. The van der Waals surface area contributed by atoms with Crippen LogP contribution in [0.25, 0.3) is 0 Å². The highest BCUT2D eigenvalue weighted by Crippen LogP contribution is 2.12. The lowest BCUT2D eigenvalue weighted by Crippen LogP contribution is -2.11. The Labute approximate surface area is 65.2 Å². The summed E-state index contributed by atoms with van der Waals surface area (Å²) >= 11 is 0. The molecule has 0 atom stereocenters. The van der Waals surface area contributed by atoms with Crippen LogP contribution in [0.1, 0.15) is 25.3 Å². The monoisotopic (exact) mass is 152 g/mol. The van der Waals surface area contributed by atoms with E-state index in [9.17, 15) is 4.79 Å². The third-order valence-electron chi connectivity index (χ3n) is 1.62. The molecule has 1 rings (SSSR count). The fourth-order valence-corrected chi connectivity index (χ4v) is 0.852. The molecular weight excluding hydrogens is 140 g/mol. The Balaban J connectivity index is 3.15. The number of aromatic nitrogens is 1. The molecule has 3 heteroatoms. The van der Waals surface area contributed by atoms with Crippen LogP contribution in [-0.4, -0.2) is 4.98 Å². The molecule has 0 saturated carbocycles. The fourth-order valence-electron chi connectivity index (χ4n) is 0.852. The van der Waals surface area contributed by atoms with Crippen LogP contribution in [0, 0.1) is 0 Å². The first-order valence-corrected chi connectivity index (χ1v) is 3.59. The van der Waals surface area contributed by atoms with Gasteiger partial charge in [0.2, 0.25) is 0 Å². The second-order valence-corrected chi connectivity index (χ2v) is 2.87. The molecule has 60 valence electrons. The van der Waals surface area contributed by atoms with Crippen molar-refractivity contribution in [3.05, 3.63) is 28.2 Å². The molecule has 1 heterocycles. The van der Waals surface area contributed by atoms with Gasteiger partial charge in [-0.15, -0.1) is 0 Å². The van der Waals surface area contributed by atoms with Crippen molar-refractivity contribution in [1.29, 1.82) is 0 Å². The first-order chi connectivity index (χ1) is 5.11. The first kappa shape index (κ1) is 7.85. The zero-order chi connectivity index (χ0) is 8.43. The normalized spacial score (nSPS) is 10.5. The van der Waals surface area contributed by atoms with Gasteiger partial charge in [0.1, 0.15) is 0 Å². The second kappa shape index (κ2) is 2.78. The largest absolute Gasteiger partial charge is 0.394 e. The molecule has 3 nitrogen and oxygen atoms in total. The van der Waals surface area contributed by atoms with E-state index in [0.29, 0.717) is 5.92 Å². The maximum absolute atomic E-state index is 10.8. The average molecular weight is 152 g/mol. The van der Waals surface area contributed by atoms with E-state index in [0.717, 1.165) is 5.56 Å². The first-order valence-electron chi connectivity index (χ1n) is 3.59. The fraction of sp³-hybridized carbons (Fsp3) is 0.375. The molecule has 1 aromatic heterocycles. The van der Waals surface area contributed by atoms with Crippen LogP contribution in [0.15, 0.2) is 17.1 Å². The standard InChI is InChI=1S/C8H12N2O/c1-5(2)6-3-7(9)8(11)10-4-6/h3-5H,9H2,1-2H3,(H,10,11). The highest BCUT2D eigenvalue weighted by atomic mass is 16.1. The number of nitrogens with two attached hydrogens (primary N) is 1. The molecule has 0 aliphatic heterocycles. The van der Waals surface area contributed by atoms with Crippen LogP contribution < -0.4 is 11.3 Å². The highest BCUT2D eigenvalue weighted by Gasteiger charge is 2.00. The summed E-state index contributed by atoms with van der Waals surface area (Å²) in [6.07, 6.45) is 1.70. The summed E-state index contributed by atoms with van der Waals surface area (Å²) in [6, 6.07) is 1.71. The van der Waals surface area contributed by atoms with Crippen molar-refractivity contribution in [2.24, 2.45) is 0 Å². The van der Waals surface area contributed by atoms with Crippen molar-refractivity contribution in [3.8, 4) is 0 Å². The summed E-state index contributed by atoms with van der Waals surface area (Å²) in [5.41, 5.74) is 6.55. The molecule has 0 amide bonds.